The van der Waals surface area contributed by atoms with Crippen LogP contribution in [0.1, 0.15) is 18.4 Å². The highest BCUT2D eigenvalue weighted by molar-refractivity contribution is 6.50. The van der Waals surface area contributed by atoms with E-state index in [0.717, 1.165) is 5.56 Å². The summed E-state index contributed by atoms with van der Waals surface area (Å²) in [5.74, 6) is -1.76. The number of nitrogens with one attached hydrogen (secondary N) is 1. The van der Waals surface area contributed by atoms with Gasteiger partial charge in [-0.15, -0.1) is 23.2 Å². The zero-order valence-corrected chi connectivity index (χ0v) is 13.3. The summed E-state index contributed by atoms with van der Waals surface area (Å²) >= 11 is 11.8. The van der Waals surface area contributed by atoms with Crippen LogP contribution in [0.25, 0.3) is 0 Å². The number of halogens is 2. The third-order valence-electron chi connectivity index (χ3n) is 3.58. The fourth-order valence-corrected chi connectivity index (χ4v) is 2.67. The van der Waals surface area contributed by atoms with E-state index < -0.39 is 22.3 Å². The second kappa shape index (κ2) is 7.20. The number of hydrogen-bond acceptors (Lipinski definition) is 3. The third-order valence-corrected chi connectivity index (χ3v) is 4.51. The van der Waals surface area contributed by atoms with Crippen LogP contribution in [0.15, 0.2) is 30.3 Å². The summed E-state index contributed by atoms with van der Waals surface area (Å²) in [4.78, 5) is 22.8. The number of alkyl carbamates (subject to hydrolysis) is 1. The minimum Gasteiger partial charge on any atom is -0.481 e. The topological polar surface area (TPSA) is 75.6 Å². The molecule has 22 heavy (non-hydrogen) atoms. The van der Waals surface area contributed by atoms with Crippen LogP contribution in [0.3, 0.4) is 0 Å². The summed E-state index contributed by atoms with van der Waals surface area (Å²) in [5.41, 5.74) is 0.861. The number of carbonyl (C=O) groups is 2. The molecule has 1 fully saturated rings. The molecule has 0 radical (unpaired) electrons. The third kappa shape index (κ3) is 5.07. The lowest BCUT2D eigenvalue weighted by Crippen LogP contribution is -2.33. The Morgan fingerprint density at radius 2 is 2.00 bits per heavy atom. The number of ether oxygens (including phenoxy) is 1. The number of alkyl halides is 2. The fraction of sp³-hybridized carbons (Fsp3) is 0.467. The van der Waals surface area contributed by atoms with Crippen molar-refractivity contribution in [3.05, 3.63) is 35.9 Å². The minimum atomic E-state index is -0.987. The molecular formula is C15H17Cl2NO4. The largest absolute Gasteiger partial charge is 0.481 e. The van der Waals surface area contributed by atoms with E-state index in [1.807, 2.05) is 30.3 Å². The second-order valence-corrected chi connectivity index (χ2v) is 6.92. The maximum Gasteiger partial charge on any atom is 0.407 e. The van der Waals surface area contributed by atoms with Crippen LogP contribution in [0, 0.1) is 11.8 Å². The smallest absolute Gasteiger partial charge is 0.407 e. The molecule has 2 N–H and O–H groups in total. The van der Waals surface area contributed by atoms with E-state index in [4.69, 9.17) is 33.0 Å². The second-order valence-electron chi connectivity index (χ2n) is 5.38. The Labute approximate surface area is 138 Å². The maximum absolute atomic E-state index is 11.6. The van der Waals surface area contributed by atoms with Crippen molar-refractivity contribution >= 4 is 35.3 Å². The first-order valence-corrected chi connectivity index (χ1v) is 7.69. The highest BCUT2D eigenvalue weighted by Crippen LogP contribution is 2.55. The summed E-state index contributed by atoms with van der Waals surface area (Å²) < 4.78 is 4.21. The van der Waals surface area contributed by atoms with Gasteiger partial charge in [0.05, 0.1) is 5.92 Å². The van der Waals surface area contributed by atoms with E-state index in [-0.39, 0.29) is 19.1 Å². The molecule has 2 unspecified atom stereocenters. The molecule has 1 aliphatic carbocycles. The molecule has 1 aromatic carbocycles. The number of carboxylic acids is 1. The molecule has 0 bridgehead atoms. The number of benzene rings is 1. The van der Waals surface area contributed by atoms with Gasteiger partial charge in [-0.2, -0.15) is 0 Å². The molecule has 0 saturated heterocycles. The average Bonchev–Trinajstić information content (AvgIpc) is 3.08. The lowest BCUT2D eigenvalue weighted by molar-refractivity contribution is -0.141. The number of rotatable bonds is 7. The first kappa shape index (κ1) is 16.9. The van der Waals surface area contributed by atoms with Gasteiger partial charge in [-0.1, -0.05) is 30.3 Å². The van der Waals surface area contributed by atoms with Crippen LogP contribution in [-0.4, -0.2) is 28.0 Å². The molecule has 1 aliphatic rings. The Bertz CT molecular complexity index is 536. The summed E-state index contributed by atoms with van der Waals surface area (Å²) in [6, 6.07) is 9.23. The van der Waals surface area contributed by atoms with Crippen molar-refractivity contribution < 1.29 is 19.4 Å². The summed E-state index contributed by atoms with van der Waals surface area (Å²) in [6.07, 6.45) is 0.272. The van der Waals surface area contributed by atoms with Gasteiger partial charge in [-0.25, -0.2) is 4.79 Å². The number of aliphatic carboxylic acids is 1. The lowest BCUT2D eigenvalue weighted by atomic mass is 10.0. The SMILES string of the molecule is O=C(NCC(CC1CC1(Cl)Cl)C(=O)O)OCc1ccccc1. The Balaban J connectivity index is 1.72. The molecule has 0 spiro atoms. The number of amides is 1. The molecule has 1 amide bonds. The van der Waals surface area contributed by atoms with Gasteiger partial charge in [0.2, 0.25) is 0 Å². The highest BCUT2D eigenvalue weighted by atomic mass is 35.5. The van der Waals surface area contributed by atoms with E-state index in [0.29, 0.717) is 12.8 Å². The summed E-state index contributed by atoms with van der Waals surface area (Å²) in [7, 11) is 0. The molecule has 0 heterocycles. The molecule has 2 atom stereocenters. The Morgan fingerprint density at radius 3 is 2.55 bits per heavy atom. The van der Waals surface area contributed by atoms with Crippen molar-refractivity contribution in [3.8, 4) is 0 Å². The standard InChI is InChI=1S/C15H17Cl2NO4/c16-15(17)7-12(15)6-11(13(19)20)8-18-14(21)22-9-10-4-2-1-3-5-10/h1-5,11-12H,6-9H2,(H,18,21)(H,19,20). The van der Waals surface area contributed by atoms with E-state index in [1.165, 1.54) is 0 Å². The monoisotopic (exact) mass is 345 g/mol. The molecule has 5 nitrogen and oxygen atoms in total. The van der Waals surface area contributed by atoms with Crippen molar-refractivity contribution in [3.63, 3.8) is 0 Å². The van der Waals surface area contributed by atoms with Gasteiger partial charge in [-0.3, -0.25) is 4.79 Å². The maximum atomic E-state index is 11.6. The highest BCUT2D eigenvalue weighted by Gasteiger charge is 2.52. The van der Waals surface area contributed by atoms with Crippen molar-refractivity contribution in [1.29, 1.82) is 0 Å². The Kier molecular flexibility index (Phi) is 5.53. The molecule has 1 aromatic rings. The molecule has 0 aliphatic heterocycles. The molecule has 0 aromatic heterocycles. The predicted octanol–water partition coefficient (Wildman–Crippen LogP) is 3.20. The van der Waals surface area contributed by atoms with Crippen LogP contribution in [0.5, 0.6) is 0 Å². The van der Waals surface area contributed by atoms with Crippen LogP contribution in [-0.2, 0) is 16.1 Å². The molecule has 120 valence electrons. The predicted molar refractivity (Wildman–Crippen MR) is 82.9 cm³/mol. The fourth-order valence-electron chi connectivity index (χ4n) is 2.12. The lowest BCUT2D eigenvalue weighted by Gasteiger charge is -2.13. The van der Waals surface area contributed by atoms with Gasteiger partial charge in [0.25, 0.3) is 0 Å². The van der Waals surface area contributed by atoms with Crippen LogP contribution in [0.2, 0.25) is 0 Å². The van der Waals surface area contributed by atoms with Gasteiger partial charge < -0.3 is 15.2 Å². The molecule has 1 saturated carbocycles. The molecule has 7 heteroatoms. The number of carbonyl (C=O) groups excluding carboxylic acids is 1. The Morgan fingerprint density at radius 1 is 1.36 bits per heavy atom. The van der Waals surface area contributed by atoms with Crippen LogP contribution >= 0.6 is 23.2 Å². The summed E-state index contributed by atoms with van der Waals surface area (Å²) in [6.45, 7) is 0.128. The summed E-state index contributed by atoms with van der Waals surface area (Å²) in [5, 5.41) is 11.6. The van der Waals surface area contributed by atoms with Crippen LogP contribution in [0.4, 0.5) is 4.79 Å². The number of hydrogen-bond donors (Lipinski definition) is 2. The van der Waals surface area contributed by atoms with Crippen LogP contribution < -0.4 is 5.32 Å². The molecular weight excluding hydrogens is 329 g/mol. The first-order valence-electron chi connectivity index (χ1n) is 6.93. The zero-order valence-electron chi connectivity index (χ0n) is 11.8. The van der Waals surface area contributed by atoms with Crippen molar-refractivity contribution in [1.82, 2.24) is 5.32 Å². The van der Waals surface area contributed by atoms with Gasteiger partial charge in [0.15, 0.2) is 0 Å². The van der Waals surface area contributed by atoms with E-state index in [1.54, 1.807) is 0 Å². The normalized spacial score (nSPS) is 20.0. The minimum absolute atomic E-state index is 0.0106. The van der Waals surface area contributed by atoms with Gasteiger partial charge in [0.1, 0.15) is 10.9 Å². The van der Waals surface area contributed by atoms with E-state index in [9.17, 15) is 9.59 Å². The number of carboxylic acid groups (broad SMARTS) is 1. The van der Waals surface area contributed by atoms with Gasteiger partial charge >= 0.3 is 12.1 Å². The molecule has 2 rings (SSSR count). The first-order chi connectivity index (χ1) is 10.4. The van der Waals surface area contributed by atoms with Gasteiger partial charge in [0, 0.05) is 6.54 Å². The average molecular weight is 346 g/mol. The van der Waals surface area contributed by atoms with Gasteiger partial charge in [-0.05, 0) is 24.3 Å². The zero-order chi connectivity index (χ0) is 16.2. The van der Waals surface area contributed by atoms with E-state index >= 15 is 0 Å². The Hall–Kier alpha value is -1.46. The van der Waals surface area contributed by atoms with Crippen molar-refractivity contribution in [2.75, 3.05) is 6.54 Å². The van der Waals surface area contributed by atoms with Crippen molar-refractivity contribution in [2.45, 2.75) is 23.8 Å². The van der Waals surface area contributed by atoms with Crippen molar-refractivity contribution in [2.24, 2.45) is 11.8 Å². The van der Waals surface area contributed by atoms with E-state index in [2.05, 4.69) is 5.32 Å². The quantitative estimate of drug-likeness (QED) is 0.744.